The highest BCUT2D eigenvalue weighted by Crippen LogP contribution is 2.31. The van der Waals surface area contributed by atoms with Gasteiger partial charge in [-0.1, -0.05) is 24.6 Å². The van der Waals surface area contributed by atoms with E-state index >= 15 is 0 Å². The molecule has 0 amide bonds. The summed E-state index contributed by atoms with van der Waals surface area (Å²) in [6.07, 6.45) is 0.815. The molecular formula is C15H17ClN2O. The minimum atomic E-state index is 0.465. The Hall–Kier alpha value is -1.58. The van der Waals surface area contributed by atoms with Gasteiger partial charge in [-0.2, -0.15) is 0 Å². The molecule has 0 unspecified atom stereocenters. The van der Waals surface area contributed by atoms with Crippen molar-refractivity contribution in [2.24, 2.45) is 5.73 Å². The van der Waals surface area contributed by atoms with Crippen LogP contribution in [0.25, 0.3) is 0 Å². The third kappa shape index (κ3) is 3.25. The normalized spacial score (nSPS) is 10.5. The number of rotatable bonds is 4. The standard InChI is InChI=1S/C15H17ClN2O/c1-3-13-15(6-4-10(2)18-13)19-14-7-5-11(9-17)8-12(14)16/h4-8H,3,9,17H2,1-2H3. The SMILES string of the molecule is CCc1nc(C)ccc1Oc1ccc(CN)cc1Cl. The zero-order valence-electron chi connectivity index (χ0n) is 11.1. The van der Waals surface area contributed by atoms with Crippen LogP contribution in [0.1, 0.15) is 23.9 Å². The van der Waals surface area contributed by atoms with Crippen molar-refractivity contribution in [3.05, 3.63) is 52.3 Å². The van der Waals surface area contributed by atoms with E-state index in [0.29, 0.717) is 17.3 Å². The summed E-state index contributed by atoms with van der Waals surface area (Å²) >= 11 is 6.18. The van der Waals surface area contributed by atoms with Crippen LogP contribution in [0, 0.1) is 6.92 Å². The highest BCUT2D eigenvalue weighted by molar-refractivity contribution is 6.32. The predicted molar refractivity (Wildman–Crippen MR) is 77.8 cm³/mol. The van der Waals surface area contributed by atoms with E-state index < -0.39 is 0 Å². The number of nitrogens with zero attached hydrogens (tertiary/aromatic N) is 1. The van der Waals surface area contributed by atoms with Crippen LogP contribution in [-0.2, 0) is 13.0 Å². The Bertz CT molecular complexity index is 584. The number of aromatic nitrogens is 1. The molecule has 0 spiro atoms. The van der Waals surface area contributed by atoms with Gasteiger partial charge >= 0.3 is 0 Å². The van der Waals surface area contributed by atoms with E-state index in [1.165, 1.54) is 0 Å². The van der Waals surface area contributed by atoms with Gasteiger partial charge in [-0.15, -0.1) is 0 Å². The molecular weight excluding hydrogens is 260 g/mol. The number of pyridine rings is 1. The van der Waals surface area contributed by atoms with Crippen LogP contribution in [0.4, 0.5) is 0 Å². The van der Waals surface area contributed by atoms with Gasteiger partial charge in [0.05, 0.1) is 10.7 Å². The summed E-state index contributed by atoms with van der Waals surface area (Å²) in [4.78, 5) is 4.46. The van der Waals surface area contributed by atoms with Crippen molar-refractivity contribution in [2.75, 3.05) is 0 Å². The molecule has 19 heavy (non-hydrogen) atoms. The van der Waals surface area contributed by atoms with E-state index in [2.05, 4.69) is 4.98 Å². The van der Waals surface area contributed by atoms with E-state index in [1.54, 1.807) is 0 Å². The van der Waals surface area contributed by atoms with Crippen molar-refractivity contribution in [1.29, 1.82) is 0 Å². The minimum Gasteiger partial charge on any atom is -0.454 e. The second-order valence-electron chi connectivity index (χ2n) is 4.32. The molecule has 0 atom stereocenters. The van der Waals surface area contributed by atoms with Gasteiger partial charge in [0.1, 0.15) is 11.5 Å². The van der Waals surface area contributed by atoms with E-state index in [1.807, 2.05) is 44.2 Å². The number of aryl methyl sites for hydroxylation is 2. The molecule has 0 aliphatic rings. The summed E-state index contributed by atoms with van der Waals surface area (Å²) in [7, 11) is 0. The Morgan fingerprint density at radius 2 is 1.95 bits per heavy atom. The Labute approximate surface area is 118 Å². The molecule has 2 aromatic rings. The molecule has 1 aromatic heterocycles. The van der Waals surface area contributed by atoms with E-state index in [-0.39, 0.29) is 0 Å². The van der Waals surface area contributed by atoms with E-state index in [0.717, 1.165) is 29.1 Å². The Kier molecular flexibility index (Phi) is 4.40. The van der Waals surface area contributed by atoms with Crippen LogP contribution < -0.4 is 10.5 Å². The summed E-state index contributed by atoms with van der Waals surface area (Å²) in [6, 6.07) is 9.42. The quantitative estimate of drug-likeness (QED) is 0.922. The zero-order valence-corrected chi connectivity index (χ0v) is 11.9. The van der Waals surface area contributed by atoms with Gasteiger partial charge in [0.15, 0.2) is 0 Å². The summed E-state index contributed by atoms with van der Waals surface area (Å²) in [5.41, 5.74) is 8.47. The predicted octanol–water partition coefficient (Wildman–Crippen LogP) is 3.86. The number of ether oxygens (including phenoxy) is 1. The van der Waals surface area contributed by atoms with Crippen molar-refractivity contribution in [1.82, 2.24) is 4.98 Å². The molecule has 100 valence electrons. The molecule has 0 fully saturated rings. The largest absolute Gasteiger partial charge is 0.454 e. The summed E-state index contributed by atoms with van der Waals surface area (Å²) < 4.78 is 5.85. The molecule has 0 saturated heterocycles. The fraction of sp³-hybridized carbons (Fsp3) is 0.267. The van der Waals surface area contributed by atoms with Gasteiger partial charge in [-0.25, -0.2) is 0 Å². The van der Waals surface area contributed by atoms with Crippen molar-refractivity contribution >= 4 is 11.6 Å². The molecule has 0 bridgehead atoms. The van der Waals surface area contributed by atoms with Gasteiger partial charge in [0, 0.05) is 12.2 Å². The molecule has 3 nitrogen and oxygen atoms in total. The molecule has 2 rings (SSSR count). The van der Waals surface area contributed by atoms with Gasteiger partial charge in [0.25, 0.3) is 0 Å². The molecule has 1 aromatic carbocycles. The number of hydrogen-bond acceptors (Lipinski definition) is 3. The Balaban J connectivity index is 2.31. The van der Waals surface area contributed by atoms with Crippen LogP contribution in [0.5, 0.6) is 11.5 Å². The lowest BCUT2D eigenvalue weighted by Gasteiger charge is -2.12. The first-order valence-electron chi connectivity index (χ1n) is 6.27. The molecule has 0 radical (unpaired) electrons. The summed E-state index contributed by atoms with van der Waals surface area (Å²) in [5, 5.41) is 0.561. The van der Waals surface area contributed by atoms with E-state index in [4.69, 9.17) is 22.1 Å². The first-order valence-corrected chi connectivity index (χ1v) is 6.64. The average Bonchev–Trinajstić information content (AvgIpc) is 2.42. The van der Waals surface area contributed by atoms with Gasteiger partial charge in [-0.3, -0.25) is 4.98 Å². The van der Waals surface area contributed by atoms with Gasteiger partial charge in [0.2, 0.25) is 0 Å². The number of hydrogen-bond donors (Lipinski definition) is 1. The van der Waals surface area contributed by atoms with Crippen molar-refractivity contribution < 1.29 is 4.74 Å². The zero-order chi connectivity index (χ0) is 13.8. The maximum Gasteiger partial charge on any atom is 0.148 e. The molecule has 0 aliphatic heterocycles. The third-order valence-corrected chi connectivity index (χ3v) is 3.15. The van der Waals surface area contributed by atoms with E-state index in [9.17, 15) is 0 Å². The highest BCUT2D eigenvalue weighted by atomic mass is 35.5. The monoisotopic (exact) mass is 276 g/mol. The average molecular weight is 277 g/mol. The van der Waals surface area contributed by atoms with Crippen LogP contribution in [-0.4, -0.2) is 4.98 Å². The number of nitrogens with two attached hydrogens (primary N) is 1. The van der Waals surface area contributed by atoms with Crippen molar-refractivity contribution in [3.8, 4) is 11.5 Å². The fourth-order valence-corrected chi connectivity index (χ4v) is 2.06. The van der Waals surface area contributed by atoms with Crippen LogP contribution in [0.2, 0.25) is 5.02 Å². The molecule has 2 N–H and O–H groups in total. The lowest BCUT2D eigenvalue weighted by Crippen LogP contribution is -1.98. The second kappa shape index (κ2) is 6.04. The van der Waals surface area contributed by atoms with Gasteiger partial charge in [-0.05, 0) is 43.2 Å². The first-order chi connectivity index (χ1) is 9.13. The lowest BCUT2D eigenvalue weighted by molar-refractivity contribution is 0.473. The highest BCUT2D eigenvalue weighted by Gasteiger charge is 2.08. The van der Waals surface area contributed by atoms with Gasteiger partial charge < -0.3 is 10.5 Å². The number of benzene rings is 1. The summed E-state index contributed by atoms with van der Waals surface area (Å²) in [6.45, 7) is 4.48. The topological polar surface area (TPSA) is 48.1 Å². The maximum absolute atomic E-state index is 6.18. The number of halogens is 1. The Morgan fingerprint density at radius 3 is 2.58 bits per heavy atom. The molecule has 0 aliphatic carbocycles. The lowest BCUT2D eigenvalue weighted by atomic mass is 10.2. The Morgan fingerprint density at radius 1 is 1.21 bits per heavy atom. The van der Waals surface area contributed by atoms with Crippen LogP contribution in [0.15, 0.2) is 30.3 Å². The van der Waals surface area contributed by atoms with Crippen LogP contribution >= 0.6 is 11.6 Å². The summed E-state index contributed by atoms with van der Waals surface area (Å²) in [5.74, 6) is 1.37. The molecule has 0 saturated carbocycles. The van der Waals surface area contributed by atoms with Crippen molar-refractivity contribution in [3.63, 3.8) is 0 Å². The minimum absolute atomic E-state index is 0.465. The third-order valence-electron chi connectivity index (χ3n) is 2.86. The second-order valence-corrected chi connectivity index (χ2v) is 4.73. The smallest absolute Gasteiger partial charge is 0.148 e. The molecule has 4 heteroatoms. The van der Waals surface area contributed by atoms with Crippen LogP contribution in [0.3, 0.4) is 0 Å². The van der Waals surface area contributed by atoms with Crippen molar-refractivity contribution in [2.45, 2.75) is 26.8 Å². The fourth-order valence-electron chi connectivity index (χ4n) is 1.82. The maximum atomic E-state index is 6.18. The first kappa shape index (κ1) is 13.8. The molecule has 1 heterocycles.